The van der Waals surface area contributed by atoms with Crippen LogP contribution in [0.4, 0.5) is 0 Å². The summed E-state index contributed by atoms with van der Waals surface area (Å²) in [5.41, 5.74) is 0. The van der Waals surface area contributed by atoms with Gasteiger partial charge in [-0.3, -0.25) is 0 Å². The number of hydrogen-bond donors (Lipinski definition) is 1. The second-order valence-electron chi connectivity index (χ2n) is 12.8. The SMILES string of the molecule is CCCCCCCCCCCCCCCCCc1nnc(CCCCCCCCCCCCCCCCC)n1N. The van der Waals surface area contributed by atoms with Crippen LogP contribution in [-0.4, -0.2) is 14.9 Å². The van der Waals surface area contributed by atoms with Crippen molar-refractivity contribution in [3.63, 3.8) is 0 Å². The maximum absolute atomic E-state index is 6.32. The van der Waals surface area contributed by atoms with Crippen LogP contribution in [0.3, 0.4) is 0 Å². The second-order valence-corrected chi connectivity index (χ2v) is 12.8. The lowest BCUT2D eigenvalue weighted by molar-refractivity contribution is 0.530. The van der Waals surface area contributed by atoms with E-state index in [1.807, 2.05) is 0 Å². The van der Waals surface area contributed by atoms with E-state index in [0.717, 1.165) is 24.5 Å². The third-order valence-electron chi connectivity index (χ3n) is 8.84. The summed E-state index contributed by atoms with van der Waals surface area (Å²) in [4.78, 5) is 0. The molecule has 1 aromatic rings. The fraction of sp³-hybridized carbons (Fsp3) is 0.944. The van der Waals surface area contributed by atoms with Crippen LogP contribution in [0.5, 0.6) is 0 Å². The lowest BCUT2D eigenvalue weighted by Crippen LogP contribution is -2.16. The molecule has 2 N–H and O–H groups in total. The Balaban J connectivity index is 1.86. The first-order valence-electron chi connectivity index (χ1n) is 18.5. The summed E-state index contributed by atoms with van der Waals surface area (Å²) in [7, 11) is 0. The highest BCUT2D eigenvalue weighted by molar-refractivity contribution is 4.96. The Hall–Kier alpha value is -1.06. The summed E-state index contributed by atoms with van der Waals surface area (Å²) in [6, 6.07) is 0. The van der Waals surface area contributed by atoms with Gasteiger partial charge in [0, 0.05) is 12.8 Å². The average molecular weight is 561 g/mol. The van der Waals surface area contributed by atoms with Crippen LogP contribution in [0.15, 0.2) is 0 Å². The Labute approximate surface area is 251 Å². The third-order valence-corrected chi connectivity index (χ3v) is 8.84. The first-order valence-corrected chi connectivity index (χ1v) is 18.5. The number of nitrogens with two attached hydrogens (primary N) is 1. The van der Waals surface area contributed by atoms with Crippen molar-refractivity contribution in [2.75, 3.05) is 5.84 Å². The molecular formula is C36H72N4. The molecule has 0 amide bonds. The maximum Gasteiger partial charge on any atom is 0.151 e. The molecule has 1 heterocycles. The van der Waals surface area contributed by atoms with Gasteiger partial charge in [0.2, 0.25) is 0 Å². The normalized spacial score (nSPS) is 11.6. The lowest BCUT2D eigenvalue weighted by atomic mass is 10.0. The van der Waals surface area contributed by atoms with Gasteiger partial charge in [0.15, 0.2) is 11.6 Å². The molecule has 1 aromatic heterocycles. The predicted molar refractivity (Wildman–Crippen MR) is 177 cm³/mol. The van der Waals surface area contributed by atoms with E-state index in [2.05, 4.69) is 24.0 Å². The van der Waals surface area contributed by atoms with Gasteiger partial charge in [0.1, 0.15) is 0 Å². The molecular weight excluding hydrogens is 488 g/mol. The van der Waals surface area contributed by atoms with Gasteiger partial charge >= 0.3 is 0 Å². The number of nitrogen functional groups attached to an aromatic ring is 1. The number of aromatic nitrogens is 3. The van der Waals surface area contributed by atoms with Crippen molar-refractivity contribution in [3.8, 4) is 0 Å². The molecule has 0 aliphatic rings. The van der Waals surface area contributed by atoms with Gasteiger partial charge in [0.05, 0.1) is 0 Å². The van der Waals surface area contributed by atoms with Crippen molar-refractivity contribution >= 4 is 0 Å². The highest BCUT2D eigenvalue weighted by Gasteiger charge is 2.09. The fourth-order valence-electron chi connectivity index (χ4n) is 6.01. The largest absolute Gasteiger partial charge is 0.336 e. The Bertz CT molecular complexity index is 575. The standard InChI is InChI=1S/C36H72N4/c1-3-5-7-9-11-13-15-17-19-21-23-25-27-29-31-33-35-38-39-36(40(35)37)34-32-30-28-26-24-22-20-18-16-14-12-10-8-6-4-2/h3-34,37H2,1-2H3. The van der Waals surface area contributed by atoms with Crippen LogP contribution < -0.4 is 5.84 Å². The molecule has 0 aromatic carbocycles. The molecule has 0 aliphatic heterocycles. The first-order chi connectivity index (χ1) is 19.8. The van der Waals surface area contributed by atoms with E-state index >= 15 is 0 Å². The molecule has 1 rings (SSSR count). The molecule has 0 fully saturated rings. The van der Waals surface area contributed by atoms with Crippen molar-refractivity contribution in [1.29, 1.82) is 0 Å². The molecule has 0 radical (unpaired) electrons. The van der Waals surface area contributed by atoms with E-state index in [9.17, 15) is 0 Å². The molecule has 0 bridgehead atoms. The highest BCUT2D eigenvalue weighted by atomic mass is 15.4. The van der Waals surface area contributed by atoms with Gasteiger partial charge in [-0.2, -0.15) is 0 Å². The minimum Gasteiger partial charge on any atom is -0.336 e. The van der Waals surface area contributed by atoms with E-state index in [0.29, 0.717) is 0 Å². The van der Waals surface area contributed by atoms with Gasteiger partial charge in [-0.25, -0.2) is 4.68 Å². The Kier molecular flexibility index (Phi) is 27.2. The number of nitrogens with zero attached hydrogens (tertiary/aromatic N) is 3. The van der Waals surface area contributed by atoms with Gasteiger partial charge in [-0.1, -0.05) is 194 Å². The van der Waals surface area contributed by atoms with Crippen molar-refractivity contribution in [3.05, 3.63) is 11.6 Å². The molecule has 40 heavy (non-hydrogen) atoms. The van der Waals surface area contributed by atoms with Crippen LogP contribution >= 0.6 is 0 Å². The van der Waals surface area contributed by atoms with Crippen LogP contribution in [0, 0.1) is 0 Å². The zero-order valence-electron chi connectivity index (χ0n) is 27.5. The summed E-state index contributed by atoms with van der Waals surface area (Å²) in [6.45, 7) is 4.59. The summed E-state index contributed by atoms with van der Waals surface area (Å²) >= 11 is 0. The van der Waals surface area contributed by atoms with Crippen LogP contribution in [-0.2, 0) is 12.8 Å². The van der Waals surface area contributed by atoms with Crippen LogP contribution in [0.2, 0.25) is 0 Å². The fourth-order valence-corrected chi connectivity index (χ4v) is 6.01. The molecule has 0 unspecified atom stereocenters. The molecule has 0 atom stereocenters. The van der Waals surface area contributed by atoms with Gasteiger partial charge in [-0.05, 0) is 12.8 Å². The van der Waals surface area contributed by atoms with Gasteiger partial charge in [0.25, 0.3) is 0 Å². The van der Waals surface area contributed by atoms with E-state index in [4.69, 9.17) is 5.84 Å². The van der Waals surface area contributed by atoms with Crippen molar-refractivity contribution < 1.29 is 0 Å². The van der Waals surface area contributed by atoms with Crippen molar-refractivity contribution in [1.82, 2.24) is 14.9 Å². The maximum atomic E-state index is 6.32. The molecule has 4 heteroatoms. The third kappa shape index (κ3) is 22.6. The first kappa shape index (κ1) is 37.0. The summed E-state index contributed by atoms with van der Waals surface area (Å²) < 4.78 is 1.79. The number of rotatable bonds is 32. The van der Waals surface area contributed by atoms with E-state index < -0.39 is 0 Å². The Morgan fingerprint density at radius 1 is 0.350 bits per heavy atom. The predicted octanol–water partition coefficient (Wildman–Crippen LogP) is 11.8. The molecule has 0 saturated carbocycles. The highest BCUT2D eigenvalue weighted by Crippen LogP contribution is 2.16. The van der Waals surface area contributed by atoms with Gasteiger partial charge in [-0.15, -0.1) is 10.2 Å². The van der Waals surface area contributed by atoms with E-state index in [1.54, 1.807) is 4.68 Å². The molecule has 0 spiro atoms. The zero-order valence-corrected chi connectivity index (χ0v) is 27.5. The van der Waals surface area contributed by atoms with Crippen LogP contribution in [0.1, 0.15) is 218 Å². The quantitative estimate of drug-likeness (QED) is 0.0704. The zero-order chi connectivity index (χ0) is 28.8. The van der Waals surface area contributed by atoms with E-state index in [-0.39, 0.29) is 0 Å². The minimum atomic E-state index is 0.973. The minimum absolute atomic E-state index is 0.973. The van der Waals surface area contributed by atoms with E-state index in [1.165, 1.54) is 193 Å². The number of unbranched alkanes of at least 4 members (excludes halogenated alkanes) is 28. The molecule has 236 valence electrons. The molecule has 0 aliphatic carbocycles. The summed E-state index contributed by atoms with van der Waals surface area (Å²) in [5.74, 6) is 8.27. The van der Waals surface area contributed by atoms with Crippen LogP contribution in [0.25, 0.3) is 0 Å². The Morgan fingerprint density at radius 2 is 0.550 bits per heavy atom. The lowest BCUT2D eigenvalue weighted by Gasteiger charge is -2.05. The molecule has 0 saturated heterocycles. The molecule has 4 nitrogen and oxygen atoms in total. The Morgan fingerprint density at radius 3 is 0.775 bits per heavy atom. The topological polar surface area (TPSA) is 56.7 Å². The monoisotopic (exact) mass is 561 g/mol. The summed E-state index contributed by atoms with van der Waals surface area (Å²) in [6.07, 6.45) is 43.9. The van der Waals surface area contributed by atoms with Crippen molar-refractivity contribution in [2.24, 2.45) is 0 Å². The number of aryl methyl sites for hydroxylation is 2. The average Bonchev–Trinajstić information content (AvgIpc) is 3.31. The van der Waals surface area contributed by atoms with Crippen molar-refractivity contribution in [2.45, 2.75) is 219 Å². The number of hydrogen-bond acceptors (Lipinski definition) is 3. The second kappa shape index (κ2) is 29.4. The summed E-state index contributed by atoms with van der Waals surface area (Å²) in [5, 5.41) is 8.79. The van der Waals surface area contributed by atoms with Gasteiger partial charge < -0.3 is 5.84 Å². The smallest absolute Gasteiger partial charge is 0.151 e.